The summed E-state index contributed by atoms with van der Waals surface area (Å²) in [5.41, 5.74) is 4.50. The van der Waals surface area contributed by atoms with E-state index in [-0.39, 0.29) is 18.3 Å². The molecule has 1 aromatic rings. The number of hydroxylamine groups is 4. The van der Waals surface area contributed by atoms with Gasteiger partial charge in [0.15, 0.2) is 6.61 Å². The number of likely N-dealkylation sites (N-methyl/N-ethyl adjacent to an activating group) is 1. The quantitative estimate of drug-likeness (QED) is 0.0348. The second-order valence-electron chi connectivity index (χ2n) is 14.0. The number of hydrogen-bond donors (Lipinski definition) is 4. The maximum Gasteiger partial charge on any atom is 0.361 e. The van der Waals surface area contributed by atoms with E-state index >= 15 is 0 Å². The zero-order chi connectivity index (χ0) is 40.2. The van der Waals surface area contributed by atoms with Gasteiger partial charge in [0.2, 0.25) is 0 Å². The number of allylic oxidation sites excluding steroid dienone is 6. The molecule has 0 saturated carbocycles. The van der Waals surface area contributed by atoms with E-state index in [0.29, 0.717) is 41.7 Å². The van der Waals surface area contributed by atoms with Gasteiger partial charge in [0.25, 0.3) is 17.7 Å². The van der Waals surface area contributed by atoms with Crippen molar-refractivity contribution in [3.63, 3.8) is 0 Å². The molecular weight excluding hydrogens is 767 g/mol. The number of carbonyl (C=O) groups is 4. The standard InChI is InChI=1S/C38H49N5O9S3/c1-37(2)27(21-26(23-39-17-9-19-53-48)36(47)41(5)51-25-35(46)52-43-33(44)15-16-34(43)45)24-40-31(37)11-7-6-8-12-32-38(3,4)29-22-28(55-50)13-14-30(29)42(32)18-10-20-54-49/h6-8,11-14,21-23,39,48-50H,9-10,15-20,24-25H2,1-5H3/p+1/b8-6+,11-7+,26-23+,27-21+,32-12+. The van der Waals surface area contributed by atoms with Crippen molar-refractivity contribution in [2.24, 2.45) is 10.4 Å². The van der Waals surface area contributed by atoms with Crippen LogP contribution in [-0.4, -0.2) is 98.0 Å². The van der Waals surface area contributed by atoms with Crippen molar-refractivity contribution < 1.29 is 47.8 Å². The first-order valence-electron chi connectivity index (χ1n) is 17.8. The van der Waals surface area contributed by atoms with E-state index in [1.54, 1.807) is 12.3 Å². The number of nitrogens with zero attached hydrogens (tertiary/aromatic N) is 4. The molecule has 0 unspecified atom stereocenters. The number of anilines is 1. The van der Waals surface area contributed by atoms with Crippen LogP contribution in [0.5, 0.6) is 0 Å². The number of aliphatic imine (C=N–C) groups is 1. The van der Waals surface area contributed by atoms with Crippen molar-refractivity contribution in [1.82, 2.24) is 10.1 Å². The van der Waals surface area contributed by atoms with Gasteiger partial charge in [0, 0.05) is 89.2 Å². The van der Waals surface area contributed by atoms with Crippen molar-refractivity contribution in [3.8, 4) is 0 Å². The first-order valence-corrected chi connectivity index (χ1v) is 20.5. The van der Waals surface area contributed by atoms with Gasteiger partial charge in [-0.3, -0.25) is 24.2 Å². The highest BCUT2D eigenvalue weighted by atomic mass is 32.2. The molecule has 0 aromatic heterocycles. The van der Waals surface area contributed by atoms with Crippen LogP contribution in [0.1, 0.15) is 58.9 Å². The van der Waals surface area contributed by atoms with Crippen molar-refractivity contribution >= 4 is 71.2 Å². The SMILES string of the molecule is CN(OCC(=O)ON1C(=O)CCC1=O)C(=O)C(/C=C1\CN=C(/C=C/C=C/C=C2/N(CCCSO)c3ccc(SO)cc3C2(C)C)C1(C)C)=C/[NH2+]CCCSO. The normalized spacial score (nSPS) is 19.4. The number of rotatable bonds is 19. The molecule has 14 nitrogen and oxygen atoms in total. The third kappa shape index (κ3) is 11.2. The molecule has 3 aliphatic heterocycles. The number of quaternary nitrogens is 1. The Morgan fingerprint density at radius 3 is 2.40 bits per heavy atom. The Bertz CT molecular complexity index is 1770. The Labute approximate surface area is 335 Å². The average molecular weight is 817 g/mol. The Morgan fingerprint density at radius 1 is 1.00 bits per heavy atom. The molecule has 298 valence electrons. The number of fused-ring (bicyclic) bond motifs is 1. The number of hydrogen-bond acceptors (Lipinski definition) is 14. The first-order chi connectivity index (χ1) is 26.3. The minimum absolute atomic E-state index is 0.0405. The lowest BCUT2D eigenvalue weighted by Crippen LogP contribution is -2.78. The Hall–Kier alpha value is -3.68. The van der Waals surface area contributed by atoms with Crippen LogP contribution in [0, 0.1) is 5.41 Å². The lowest BCUT2D eigenvalue weighted by Gasteiger charge is -2.27. The first kappa shape index (κ1) is 44.0. The van der Waals surface area contributed by atoms with E-state index in [1.165, 1.54) is 7.05 Å². The van der Waals surface area contributed by atoms with Crippen LogP contribution < -0.4 is 10.2 Å². The molecule has 3 amide bonds. The maximum absolute atomic E-state index is 13.6. The molecule has 3 aliphatic rings. The lowest BCUT2D eigenvalue weighted by molar-refractivity contribution is -0.588. The van der Waals surface area contributed by atoms with Gasteiger partial charge in [-0.25, -0.2) is 9.86 Å². The molecule has 1 saturated heterocycles. The fraction of sp³-hybridized carbons (Fsp3) is 0.447. The highest BCUT2D eigenvalue weighted by Crippen LogP contribution is 2.48. The summed E-state index contributed by atoms with van der Waals surface area (Å²) in [7, 11) is 1.35. The second-order valence-corrected chi connectivity index (χ2v) is 16.0. The van der Waals surface area contributed by atoms with Gasteiger partial charge in [-0.15, -0.1) is 5.06 Å². The van der Waals surface area contributed by atoms with Crippen LogP contribution in [-0.2, 0) is 34.3 Å². The minimum Gasteiger partial charge on any atom is -0.344 e. The van der Waals surface area contributed by atoms with Crippen LogP contribution in [0.2, 0.25) is 0 Å². The molecule has 17 heteroatoms. The van der Waals surface area contributed by atoms with Crippen LogP contribution >= 0.6 is 36.1 Å². The predicted octanol–water partition coefficient (Wildman–Crippen LogP) is 5.39. The van der Waals surface area contributed by atoms with Gasteiger partial charge in [-0.2, -0.15) is 0 Å². The summed E-state index contributed by atoms with van der Waals surface area (Å²) in [4.78, 5) is 67.4. The van der Waals surface area contributed by atoms with Crippen molar-refractivity contribution in [1.29, 1.82) is 0 Å². The number of nitrogens with two attached hydrogens (primary N) is 1. The fourth-order valence-electron chi connectivity index (χ4n) is 6.34. The maximum atomic E-state index is 13.6. The minimum atomic E-state index is -1.00. The predicted molar refractivity (Wildman–Crippen MR) is 216 cm³/mol. The largest absolute Gasteiger partial charge is 0.361 e. The number of benzene rings is 1. The van der Waals surface area contributed by atoms with E-state index in [1.807, 2.05) is 61.7 Å². The van der Waals surface area contributed by atoms with E-state index in [4.69, 9.17) is 19.2 Å². The van der Waals surface area contributed by atoms with E-state index < -0.39 is 35.7 Å². The molecule has 0 radical (unpaired) electrons. The van der Waals surface area contributed by atoms with Crippen molar-refractivity contribution in [3.05, 3.63) is 83.3 Å². The van der Waals surface area contributed by atoms with E-state index in [9.17, 15) is 28.3 Å². The number of amides is 3. The van der Waals surface area contributed by atoms with Gasteiger partial charge >= 0.3 is 5.97 Å². The molecule has 0 aliphatic carbocycles. The molecule has 3 heterocycles. The summed E-state index contributed by atoms with van der Waals surface area (Å²) in [5.74, 6) is -1.61. The Balaban J connectivity index is 1.46. The highest BCUT2D eigenvalue weighted by Gasteiger charge is 2.40. The average Bonchev–Trinajstić information content (AvgIpc) is 3.71. The zero-order valence-electron chi connectivity index (χ0n) is 31.7. The molecular formula is C38H50N5O9S3+. The fourth-order valence-corrected chi connectivity index (χ4v) is 7.19. The van der Waals surface area contributed by atoms with Gasteiger partial charge in [0.1, 0.15) is 6.20 Å². The van der Waals surface area contributed by atoms with Crippen LogP contribution in [0.3, 0.4) is 0 Å². The van der Waals surface area contributed by atoms with Crippen LogP contribution in [0.4, 0.5) is 5.69 Å². The molecule has 55 heavy (non-hydrogen) atoms. The second kappa shape index (κ2) is 20.5. The van der Waals surface area contributed by atoms with Crippen LogP contribution in [0.25, 0.3) is 0 Å². The number of imide groups is 1. The molecule has 0 bridgehead atoms. The summed E-state index contributed by atoms with van der Waals surface area (Å²) in [6.07, 6.45) is 14.8. The van der Waals surface area contributed by atoms with Crippen LogP contribution in [0.15, 0.2) is 87.6 Å². The van der Waals surface area contributed by atoms with Gasteiger partial charge < -0.3 is 28.7 Å². The molecule has 1 fully saturated rings. The van der Waals surface area contributed by atoms with Gasteiger partial charge in [-0.05, 0) is 78.1 Å². The highest BCUT2D eigenvalue weighted by molar-refractivity contribution is 7.94. The summed E-state index contributed by atoms with van der Waals surface area (Å²) >= 11 is 2.32. The topological polar surface area (TPSA) is 186 Å². The summed E-state index contributed by atoms with van der Waals surface area (Å²) < 4.78 is 28.1. The molecule has 0 spiro atoms. The van der Waals surface area contributed by atoms with E-state index in [2.05, 4.69) is 24.8 Å². The number of carbonyl (C=O) groups excluding carboxylic acids is 4. The van der Waals surface area contributed by atoms with Gasteiger partial charge in [0.05, 0.1) is 18.7 Å². The third-order valence-corrected chi connectivity index (χ3v) is 10.9. The van der Waals surface area contributed by atoms with Crippen molar-refractivity contribution in [2.75, 3.05) is 49.7 Å². The third-order valence-electron chi connectivity index (χ3n) is 9.52. The molecule has 4 rings (SSSR count). The zero-order valence-corrected chi connectivity index (χ0v) is 34.2. The van der Waals surface area contributed by atoms with Gasteiger partial charge in [-0.1, -0.05) is 45.9 Å². The smallest absolute Gasteiger partial charge is 0.344 e. The summed E-state index contributed by atoms with van der Waals surface area (Å²) in [6, 6.07) is 5.97. The molecule has 0 atom stereocenters. The Morgan fingerprint density at radius 2 is 1.71 bits per heavy atom. The van der Waals surface area contributed by atoms with Crippen molar-refractivity contribution in [2.45, 2.75) is 63.7 Å². The monoisotopic (exact) mass is 816 g/mol. The summed E-state index contributed by atoms with van der Waals surface area (Å²) in [5, 5.41) is 3.15. The lowest BCUT2D eigenvalue weighted by atomic mass is 9.80. The molecule has 5 N–H and O–H groups in total. The Kier molecular flexibility index (Phi) is 16.4. The van der Waals surface area contributed by atoms with E-state index in [0.717, 1.165) is 87.3 Å². The summed E-state index contributed by atoms with van der Waals surface area (Å²) in [6.45, 7) is 9.40. The molecule has 1 aromatic carbocycles.